The van der Waals surface area contributed by atoms with Crippen molar-refractivity contribution in [3.05, 3.63) is 34.0 Å². The third-order valence-corrected chi connectivity index (χ3v) is 4.75. The number of fused-ring (bicyclic) bond motifs is 1. The average Bonchev–Trinajstić information content (AvgIpc) is 3.07. The molecule has 0 aliphatic carbocycles. The first kappa shape index (κ1) is 20.6. The van der Waals surface area contributed by atoms with Crippen LogP contribution >= 0.6 is 23.2 Å². The fraction of sp³-hybridized carbons (Fsp3) is 0.529. The third kappa shape index (κ3) is 5.46. The summed E-state index contributed by atoms with van der Waals surface area (Å²) in [4.78, 5) is 13.0. The Labute approximate surface area is 173 Å². The molecule has 3 rings (SSSR count). The molecular weight excluding hydrogens is 403 g/mol. The Morgan fingerprint density at radius 3 is 3.00 bits per heavy atom. The van der Waals surface area contributed by atoms with Gasteiger partial charge in [-0.2, -0.15) is 5.10 Å². The molecule has 11 heteroatoms. The number of hydrogen-bond acceptors (Lipinski definition) is 6. The van der Waals surface area contributed by atoms with Gasteiger partial charge in [-0.05, 0) is 12.5 Å². The molecule has 1 aliphatic heterocycles. The van der Waals surface area contributed by atoms with Crippen LogP contribution in [0.5, 0.6) is 0 Å². The van der Waals surface area contributed by atoms with Crippen molar-refractivity contribution in [2.75, 3.05) is 32.6 Å². The van der Waals surface area contributed by atoms with Crippen LogP contribution in [0.25, 0.3) is 0 Å². The van der Waals surface area contributed by atoms with Crippen LogP contribution in [0.2, 0.25) is 10.0 Å². The lowest BCUT2D eigenvalue weighted by atomic mass is 10.1. The van der Waals surface area contributed by atoms with Crippen LogP contribution in [0.4, 0.5) is 5.82 Å². The predicted octanol–water partition coefficient (Wildman–Crippen LogP) is 1.72. The molecule has 1 unspecified atom stereocenters. The number of ether oxygens (including phenoxy) is 1. The Morgan fingerprint density at radius 2 is 2.25 bits per heavy atom. The summed E-state index contributed by atoms with van der Waals surface area (Å²) in [7, 11) is 3.40. The van der Waals surface area contributed by atoms with Crippen molar-refractivity contribution in [3.63, 3.8) is 0 Å². The second kappa shape index (κ2) is 9.90. The predicted molar refractivity (Wildman–Crippen MR) is 110 cm³/mol. The van der Waals surface area contributed by atoms with Gasteiger partial charge in [-0.15, -0.1) is 0 Å². The van der Waals surface area contributed by atoms with Gasteiger partial charge in [0.15, 0.2) is 11.8 Å². The Bertz CT molecular complexity index is 825. The number of aryl methyl sites for hydroxylation is 1. The van der Waals surface area contributed by atoms with Gasteiger partial charge in [0.1, 0.15) is 18.2 Å². The molecule has 3 N–H and O–H groups in total. The molecule has 2 aromatic rings. The monoisotopic (exact) mass is 426 g/mol. The summed E-state index contributed by atoms with van der Waals surface area (Å²) < 4.78 is 7.05. The average molecular weight is 427 g/mol. The topological polar surface area (TPSA) is 101 Å². The van der Waals surface area contributed by atoms with Gasteiger partial charge >= 0.3 is 0 Å². The van der Waals surface area contributed by atoms with Crippen molar-refractivity contribution in [2.45, 2.75) is 32.0 Å². The lowest BCUT2D eigenvalue weighted by molar-refractivity contribution is 0.177. The zero-order valence-corrected chi connectivity index (χ0v) is 17.4. The number of anilines is 1. The molecule has 0 spiro atoms. The molecule has 0 fully saturated rings. The van der Waals surface area contributed by atoms with E-state index in [4.69, 9.17) is 27.9 Å². The van der Waals surface area contributed by atoms with E-state index in [0.717, 1.165) is 37.0 Å². The summed E-state index contributed by atoms with van der Waals surface area (Å²) >= 11 is 12.0. The van der Waals surface area contributed by atoms with Crippen molar-refractivity contribution in [1.29, 1.82) is 0 Å². The van der Waals surface area contributed by atoms with Gasteiger partial charge in [-0.3, -0.25) is 4.99 Å². The van der Waals surface area contributed by atoms with Crippen LogP contribution in [0.3, 0.4) is 0 Å². The van der Waals surface area contributed by atoms with Gasteiger partial charge in [-0.1, -0.05) is 23.2 Å². The summed E-state index contributed by atoms with van der Waals surface area (Å²) in [6, 6.07) is 1.89. The lowest BCUT2D eigenvalue weighted by Gasteiger charge is -2.25. The van der Waals surface area contributed by atoms with E-state index < -0.39 is 0 Å². The van der Waals surface area contributed by atoms with E-state index >= 15 is 0 Å². The summed E-state index contributed by atoms with van der Waals surface area (Å²) in [6.45, 7) is 2.46. The van der Waals surface area contributed by atoms with E-state index in [1.165, 1.54) is 0 Å². The highest BCUT2D eigenvalue weighted by molar-refractivity contribution is 6.35. The Kier molecular flexibility index (Phi) is 7.30. The van der Waals surface area contributed by atoms with E-state index in [1.807, 2.05) is 4.68 Å². The van der Waals surface area contributed by atoms with Crippen molar-refractivity contribution in [2.24, 2.45) is 4.99 Å². The molecule has 0 bridgehead atoms. The minimum Gasteiger partial charge on any atom is -0.377 e. The van der Waals surface area contributed by atoms with Crippen LogP contribution in [0.1, 0.15) is 18.1 Å². The molecular formula is C17H24Cl2N8O. The number of guanidine groups is 1. The lowest BCUT2D eigenvalue weighted by Crippen LogP contribution is -2.48. The first-order valence-electron chi connectivity index (χ1n) is 9.02. The van der Waals surface area contributed by atoms with Crippen molar-refractivity contribution >= 4 is 35.0 Å². The molecule has 0 amide bonds. The van der Waals surface area contributed by atoms with Gasteiger partial charge in [-0.25, -0.2) is 14.6 Å². The highest BCUT2D eigenvalue weighted by atomic mass is 35.5. The Hall–Kier alpha value is -2.10. The number of nitrogens with zero attached hydrogens (tertiary/aromatic N) is 5. The maximum atomic E-state index is 6.10. The Morgan fingerprint density at radius 1 is 1.39 bits per heavy atom. The molecule has 0 saturated heterocycles. The molecule has 152 valence electrons. The second-order valence-electron chi connectivity index (χ2n) is 6.35. The maximum absolute atomic E-state index is 6.10. The smallest absolute Gasteiger partial charge is 0.191 e. The highest BCUT2D eigenvalue weighted by Crippen LogP contribution is 2.22. The molecule has 1 aliphatic rings. The van der Waals surface area contributed by atoms with Gasteiger partial charge in [0.25, 0.3) is 0 Å². The van der Waals surface area contributed by atoms with E-state index in [1.54, 1.807) is 26.4 Å². The fourth-order valence-corrected chi connectivity index (χ4v) is 3.41. The number of nitrogens with one attached hydrogen (secondary N) is 3. The number of pyridine rings is 1. The largest absolute Gasteiger partial charge is 0.377 e. The van der Waals surface area contributed by atoms with Crippen molar-refractivity contribution in [1.82, 2.24) is 30.4 Å². The van der Waals surface area contributed by atoms with E-state index in [-0.39, 0.29) is 6.04 Å². The van der Waals surface area contributed by atoms with Gasteiger partial charge in [0.2, 0.25) is 0 Å². The van der Waals surface area contributed by atoms with E-state index in [2.05, 4.69) is 36.0 Å². The Balaban J connectivity index is 1.44. The SMILES string of the molecule is CN=C(NCCNc1ncc(Cl)cc1Cl)NC1CCc2nc(COC)nn2C1. The van der Waals surface area contributed by atoms with Gasteiger partial charge in [0, 0.05) is 45.9 Å². The number of rotatable bonds is 7. The zero-order chi connectivity index (χ0) is 19.9. The van der Waals surface area contributed by atoms with Crippen LogP contribution in [0, 0.1) is 0 Å². The number of hydrogen-bond donors (Lipinski definition) is 3. The van der Waals surface area contributed by atoms with Gasteiger partial charge in [0.05, 0.1) is 16.6 Å². The van der Waals surface area contributed by atoms with Crippen LogP contribution in [-0.4, -0.2) is 59.0 Å². The summed E-state index contributed by atoms with van der Waals surface area (Å²) in [5.41, 5.74) is 0. The quantitative estimate of drug-likeness (QED) is 0.351. The number of aromatic nitrogens is 4. The second-order valence-corrected chi connectivity index (χ2v) is 7.19. The molecule has 1 atom stereocenters. The molecule has 3 heterocycles. The first-order chi connectivity index (χ1) is 13.6. The third-order valence-electron chi connectivity index (χ3n) is 4.26. The summed E-state index contributed by atoms with van der Waals surface area (Å²) in [6.07, 6.45) is 3.39. The minimum atomic E-state index is 0.233. The van der Waals surface area contributed by atoms with E-state index in [9.17, 15) is 0 Å². The highest BCUT2D eigenvalue weighted by Gasteiger charge is 2.22. The molecule has 9 nitrogen and oxygen atoms in total. The van der Waals surface area contributed by atoms with Crippen LogP contribution < -0.4 is 16.0 Å². The van der Waals surface area contributed by atoms with Crippen molar-refractivity contribution < 1.29 is 4.74 Å². The number of aliphatic imine (C=N–C) groups is 1. The first-order valence-corrected chi connectivity index (χ1v) is 9.78. The number of halogens is 2. The zero-order valence-electron chi connectivity index (χ0n) is 15.9. The fourth-order valence-electron chi connectivity index (χ4n) is 2.96. The molecule has 0 saturated carbocycles. The van der Waals surface area contributed by atoms with Crippen LogP contribution in [-0.2, 0) is 24.3 Å². The van der Waals surface area contributed by atoms with E-state index in [0.29, 0.717) is 35.6 Å². The minimum absolute atomic E-state index is 0.233. The normalized spacial score (nSPS) is 16.6. The van der Waals surface area contributed by atoms with Crippen molar-refractivity contribution in [3.8, 4) is 0 Å². The maximum Gasteiger partial charge on any atom is 0.191 e. The van der Waals surface area contributed by atoms with Gasteiger partial charge < -0.3 is 20.7 Å². The number of methoxy groups -OCH3 is 1. The summed E-state index contributed by atoms with van der Waals surface area (Å²) in [5.74, 6) is 3.07. The summed E-state index contributed by atoms with van der Waals surface area (Å²) in [5, 5.41) is 15.4. The molecule has 2 aromatic heterocycles. The standard InChI is InChI=1S/C17H24Cl2N8O/c1-20-17(22-6-5-21-16-13(19)7-11(18)8-23-16)24-12-3-4-15-25-14(10-28-2)26-27(15)9-12/h7-8,12H,3-6,9-10H2,1-2H3,(H,21,23)(H2,20,22,24). The molecule has 0 radical (unpaired) electrons. The van der Waals surface area contributed by atoms with Crippen LogP contribution in [0.15, 0.2) is 17.3 Å². The molecule has 0 aromatic carbocycles. The molecule has 28 heavy (non-hydrogen) atoms.